The van der Waals surface area contributed by atoms with Crippen LogP contribution >= 0.6 is 0 Å². The largest absolute Gasteiger partial charge is 0.311 e. The Kier molecular flexibility index (Phi) is 8.05. The molecule has 0 saturated carbocycles. The van der Waals surface area contributed by atoms with E-state index in [4.69, 9.17) is 0 Å². The topological polar surface area (TPSA) is 50.8 Å². The van der Waals surface area contributed by atoms with Crippen molar-refractivity contribution in [2.75, 3.05) is 4.90 Å². The minimum Gasteiger partial charge on any atom is -0.311 e. The molecule has 0 amide bonds. The van der Waals surface area contributed by atoms with Gasteiger partial charge in [-0.25, -0.2) is 0 Å². The van der Waals surface area contributed by atoms with E-state index >= 15 is 0 Å². The standard InChI is InChI=1S/C50H41N3/c1-49(2,3)35-17-23-38(24-18-35)53(39-25-19-36(20-26-39)50(4,5)6)37-21-15-34(16-22-37)46-40-10-7-8-11-41(40)47-43-27-14-32(28-33(30-51)31-52)29-45(43)42-12-9-13-44(46)48(42)47/h7-29H,1-6H3. The van der Waals surface area contributed by atoms with Gasteiger partial charge in [-0.2, -0.15) is 10.5 Å². The lowest BCUT2D eigenvalue weighted by molar-refractivity contribution is 0.590. The second-order valence-electron chi connectivity index (χ2n) is 16.1. The molecule has 7 aromatic carbocycles. The van der Waals surface area contributed by atoms with E-state index in [-0.39, 0.29) is 16.4 Å². The van der Waals surface area contributed by atoms with Gasteiger partial charge in [-0.1, -0.05) is 133 Å². The van der Waals surface area contributed by atoms with Gasteiger partial charge < -0.3 is 4.90 Å². The molecule has 0 N–H and O–H groups in total. The van der Waals surface area contributed by atoms with Crippen molar-refractivity contribution in [2.24, 2.45) is 0 Å². The molecule has 1 aliphatic carbocycles. The second-order valence-corrected chi connectivity index (χ2v) is 16.1. The van der Waals surface area contributed by atoms with Crippen LogP contribution in [-0.4, -0.2) is 0 Å². The number of allylic oxidation sites excluding steroid dienone is 1. The maximum atomic E-state index is 9.40. The number of benzene rings is 7. The van der Waals surface area contributed by atoms with Gasteiger partial charge in [0.25, 0.3) is 0 Å². The molecule has 0 aliphatic heterocycles. The summed E-state index contributed by atoms with van der Waals surface area (Å²) in [5.74, 6) is 0. The molecule has 3 nitrogen and oxygen atoms in total. The third kappa shape index (κ3) is 5.86. The number of nitriles is 2. The highest BCUT2D eigenvalue weighted by molar-refractivity contribution is 6.29. The molecule has 8 rings (SSSR count). The zero-order chi connectivity index (χ0) is 37.1. The first-order chi connectivity index (χ1) is 25.5. The minimum atomic E-state index is 0.0702. The van der Waals surface area contributed by atoms with Gasteiger partial charge in [0, 0.05) is 17.1 Å². The molecule has 256 valence electrons. The first-order valence-corrected chi connectivity index (χ1v) is 18.2. The van der Waals surface area contributed by atoms with Crippen LogP contribution in [0.1, 0.15) is 58.2 Å². The Morgan fingerprint density at radius 1 is 0.509 bits per heavy atom. The summed E-state index contributed by atoms with van der Waals surface area (Å²) < 4.78 is 0. The average Bonchev–Trinajstić information content (AvgIpc) is 3.49. The van der Waals surface area contributed by atoms with Crippen molar-refractivity contribution in [3.05, 3.63) is 156 Å². The Hall–Kier alpha value is -6.42. The van der Waals surface area contributed by atoms with Gasteiger partial charge >= 0.3 is 0 Å². The SMILES string of the molecule is CC(C)(C)c1ccc(N(c2ccc(-c3c4ccccc4c4c5c(cccc35)-c3cc(C=C(C#N)C#N)ccc3-4)cc2)c2ccc(C(C)(C)C)cc2)cc1. The zero-order valence-electron chi connectivity index (χ0n) is 31.1. The zero-order valence-corrected chi connectivity index (χ0v) is 31.1. The lowest BCUT2D eigenvalue weighted by Gasteiger charge is -2.28. The lowest BCUT2D eigenvalue weighted by atomic mass is 9.86. The molecule has 0 bridgehead atoms. The Balaban J connectivity index is 1.28. The van der Waals surface area contributed by atoms with E-state index in [2.05, 4.69) is 174 Å². The fourth-order valence-electron chi connectivity index (χ4n) is 7.84. The van der Waals surface area contributed by atoms with Crippen molar-refractivity contribution in [1.29, 1.82) is 10.5 Å². The molecule has 0 heterocycles. The maximum Gasteiger partial charge on any atom is 0.130 e. The fraction of sp³-hybridized carbons (Fsp3) is 0.160. The molecule has 53 heavy (non-hydrogen) atoms. The predicted octanol–water partition coefficient (Wildman–Crippen LogP) is 13.8. The highest BCUT2D eigenvalue weighted by Gasteiger charge is 2.27. The average molecular weight is 684 g/mol. The smallest absolute Gasteiger partial charge is 0.130 e. The van der Waals surface area contributed by atoms with E-state index in [0.29, 0.717) is 0 Å². The van der Waals surface area contributed by atoms with Gasteiger partial charge in [-0.05, 0) is 131 Å². The number of anilines is 3. The van der Waals surface area contributed by atoms with Crippen LogP contribution in [-0.2, 0) is 10.8 Å². The van der Waals surface area contributed by atoms with Crippen LogP contribution in [0, 0.1) is 22.7 Å². The molecule has 1 aliphatic rings. The molecule has 0 radical (unpaired) electrons. The number of hydrogen-bond acceptors (Lipinski definition) is 3. The van der Waals surface area contributed by atoms with Crippen molar-refractivity contribution in [3.8, 4) is 45.5 Å². The van der Waals surface area contributed by atoms with Gasteiger partial charge in [0.15, 0.2) is 0 Å². The Labute approximate surface area is 312 Å². The van der Waals surface area contributed by atoms with E-state index in [1.807, 2.05) is 18.2 Å². The molecule has 0 fully saturated rings. The third-order valence-electron chi connectivity index (χ3n) is 10.6. The molecule has 0 spiro atoms. The highest BCUT2D eigenvalue weighted by atomic mass is 15.1. The Morgan fingerprint density at radius 2 is 1.02 bits per heavy atom. The summed E-state index contributed by atoms with van der Waals surface area (Å²) in [7, 11) is 0. The molecule has 3 heteroatoms. The van der Waals surface area contributed by atoms with Gasteiger partial charge in [0.2, 0.25) is 0 Å². The number of fused-ring (bicyclic) bond motifs is 5. The molecule has 0 aromatic heterocycles. The molecule has 0 atom stereocenters. The van der Waals surface area contributed by atoms with Crippen molar-refractivity contribution < 1.29 is 0 Å². The van der Waals surface area contributed by atoms with Crippen LogP contribution in [0.25, 0.3) is 61.0 Å². The van der Waals surface area contributed by atoms with E-state index in [0.717, 1.165) is 33.8 Å². The Bertz CT molecular complexity index is 2590. The molecular weight excluding hydrogens is 643 g/mol. The minimum absolute atomic E-state index is 0.0702. The number of rotatable bonds is 5. The summed E-state index contributed by atoms with van der Waals surface area (Å²) in [4.78, 5) is 2.35. The van der Waals surface area contributed by atoms with Crippen LogP contribution in [0.4, 0.5) is 17.1 Å². The highest BCUT2D eigenvalue weighted by Crippen LogP contribution is 2.54. The summed E-state index contributed by atoms with van der Waals surface area (Å²) in [6.45, 7) is 13.5. The summed E-state index contributed by atoms with van der Waals surface area (Å²) >= 11 is 0. The van der Waals surface area contributed by atoms with Crippen LogP contribution in [0.15, 0.2) is 139 Å². The van der Waals surface area contributed by atoms with Gasteiger partial charge in [0.05, 0.1) is 0 Å². The first kappa shape index (κ1) is 33.7. The first-order valence-electron chi connectivity index (χ1n) is 18.2. The Morgan fingerprint density at radius 3 is 1.55 bits per heavy atom. The van der Waals surface area contributed by atoms with Crippen LogP contribution < -0.4 is 4.90 Å². The van der Waals surface area contributed by atoms with Crippen LogP contribution in [0.5, 0.6) is 0 Å². The number of hydrogen-bond donors (Lipinski definition) is 0. The van der Waals surface area contributed by atoms with Crippen molar-refractivity contribution in [2.45, 2.75) is 52.4 Å². The maximum absolute atomic E-state index is 9.40. The van der Waals surface area contributed by atoms with Crippen molar-refractivity contribution >= 4 is 44.7 Å². The summed E-state index contributed by atoms with van der Waals surface area (Å²) in [5.41, 5.74) is 14.1. The van der Waals surface area contributed by atoms with Gasteiger partial charge in [-0.15, -0.1) is 0 Å². The third-order valence-corrected chi connectivity index (χ3v) is 10.6. The molecule has 0 saturated heterocycles. The van der Waals surface area contributed by atoms with Gasteiger partial charge in [-0.3, -0.25) is 0 Å². The van der Waals surface area contributed by atoms with Crippen LogP contribution in [0.2, 0.25) is 0 Å². The van der Waals surface area contributed by atoms with E-state index in [1.54, 1.807) is 6.08 Å². The lowest BCUT2D eigenvalue weighted by Crippen LogP contribution is -2.14. The quantitative estimate of drug-likeness (QED) is 0.134. The molecule has 0 unspecified atom stereocenters. The number of nitrogens with zero attached hydrogens (tertiary/aromatic N) is 3. The van der Waals surface area contributed by atoms with E-state index < -0.39 is 0 Å². The summed E-state index contributed by atoms with van der Waals surface area (Å²) in [6.07, 6.45) is 1.66. The molecule has 7 aromatic rings. The predicted molar refractivity (Wildman–Crippen MR) is 223 cm³/mol. The van der Waals surface area contributed by atoms with E-state index in [1.165, 1.54) is 54.9 Å². The summed E-state index contributed by atoms with van der Waals surface area (Å²) in [5, 5.41) is 23.7. The fourth-order valence-corrected chi connectivity index (χ4v) is 7.84. The normalized spacial score (nSPS) is 11.9. The second kappa shape index (κ2) is 12.7. The summed E-state index contributed by atoms with van der Waals surface area (Å²) in [6, 6.07) is 52.5. The van der Waals surface area contributed by atoms with Crippen LogP contribution in [0.3, 0.4) is 0 Å². The van der Waals surface area contributed by atoms with Crippen molar-refractivity contribution in [3.63, 3.8) is 0 Å². The van der Waals surface area contributed by atoms with Gasteiger partial charge in [0.1, 0.15) is 17.7 Å². The van der Waals surface area contributed by atoms with Crippen molar-refractivity contribution in [1.82, 2.24) is 0 Å². The van der Waals surface area contributed by atoms with E-state index in [9.17, 15) is 10.5 Å². The monoisotopic (exact) mass is 683 g/mol. The molecular formula is C50H41N3.